The third-order valence-corrected chi connectivity index (χ3v) is 17.5. The number of piperazine rings is 1. The van der Waals surface area contributed by atoms with Gasteiger partial charge in [-0.15, -0.1) is 0 Å². The number of esters is 1. The molecule has 16 nitrogen and oxygen atoms in total. The number of fused-ring (bicyclic) bond motifs is 6. The Bertz CT molecular complexity index is 2860. The van der Waals surface area contributed by atoms with Crippen molar-refractivity contribution in [1.29, 1.82) is 0 Å². The number of anilines is 1. The average Bonchev–Trinajstić information content (AvgIpc) is 4.35. The number of pyridine rings is 1. The van der Waals surface area contributed by atoms with Crippen LogP contribution in [0.5, 0.6) is 5.75 Å². The highest BCUT2D eigenvalue weighted by atomic mass is 16.5. The van der Waals surface area contributed by atoms with Gasteiger partial charge in [0.25, 0.3) is 5.91 Å². The molecule has 2 saturated heterocycles. The van der Waals surface area contributed by atoms with Crippen molar-refractivity contribution in [2.75, 3.05) is 71.9 Å². The Hall–Kier alpha value is -6.00. The molecule has 16 heteroatoms. The molecule has 3 saturated carbocycles. The highest BCUT2D eigenvalue weighted by Crippen LogP contribution is 2.55. The zero-order valence-corrected chi connectivity index (χ0v) is 46.2. The number of benzene rings is 2. The zero-order valence-electron chi connectivity index (χ0n) is 46.2. The second-order valence-corrected chi connectivity index (χ2v) is 24.3. The first kappa shape index (κ1) is 53.4. The van der Waals surface area contributed by atoms with E-state index in [1.54, 1.807) is 26.2 Å². The lowest BCUT2D eigenvalue weighted by Gasteiger charge is -2.37. The number of hydrogen-bond acceptors (Lipinski definition) is 11. The van der Waals surface area contributed by atoms with Gasteiger partial charge in [0.2, 0.25) is 17.7 Å². The largest absolute Gasteiger partial charge is 0.508 e. The van der Waals surface area contributed by atoms with Crippen molar-refractivity contribution in [3.05, 3.63) is 65.5 Å². The fraction of sp³-hybridized carbons (Fsp3) is 0.600. The van der Waals surface area contributed by atoms with Gasteiger partial charge >= 0.3 is 5.97 Å². The van der Waals surface area contributed by atoms with Crippen molar-refractivity contribution in [3.8, 4) is 28.1 Å². The first-order valence-corrected chi connectivity index (χ1v) is 28.3. The van der Waals surface area contributed by atoms with E-state index in [-0.39, 0.29) is 54.9 Å². The van der Waals surface area contributed by atoms with Crippen LogP contribution in [0, 0.1) is 29.1 Å². The number of phenols is 1. The molecule has 2 aromatic carbocycles. The first-order chi connectivity index (χ1) is 36.4. The molecule has 3 aliphatic heterocycles. The first-order valence-electron chi connectivity index (χ1n) is 28.3. The number of cyclic esters (lactones) is 1. The Kier molecular flexibility index (Phi) is 15.3. The van der Waals surface area contributed by atoms with Crippen molar-refractivity contribution in [3.63, 3.8) is 0 Å². The number of aromatic nitrogens is 2. The molecule has 5 fully saturated rings. The van der Waals surface area contributed by atoms with E-state index in [2.05, 4.69) is 91.0 Å². The Morgan fingerprint density at radius 2 is 1.68 bits per heavy atom. The molecular formula is C60H81N9O7. The fourth-order valence-electron chi connectivity index (χ4n) is 13.0. The summed E-state index contributed by atoms with van der Waals surface area (Å²) in [4.78, 5) is 84.7. The Labute approximate surface area is 448 Å². The lowest BCUT2D eigenvalue weighted by Crippen LogP contribution is -2.62. The molecular weight excluding hydrogens is 959 g/mol. The number of carbonyl (C=O) groups excluding carboxylic acids is 5. The molecule has 5 heterocycles. The summed E-state index contributed by atoms with van der Waals surface area (Å²) in [6.45, 7) is 15.5. The molecule has 6 bridgehead atoms. The van der Waals surface area contributed by atoms with Crippen molar-refractivity contribution < 1.29 is 33.8 Å². The number of hydrogen-bond donors (Lipinski definition) is 3. The van der Waals surface area contributed by atoms with Gasteiger partial charge in [-0.3, -0.25) is 34.0 Å². The fourth-order valence-corrected chi connectivity index (χ4v) is 13.0. The number of aryl methyl sites for hydroxylation is 1. The van der Waals surface area contributed by atoms with Crippen molar-refractivity contribution in [2.24, 2.45) is 29.1 Å². The summed E-state index contributed by atoms with van der Waals surface area (Å²) in [5, 5.41) is 17.1. The van der Waals surface area contributed by atoms with Crippen LogP contribution in [0.4, 0.5) is 5.69 Å². The van der Waals surface area contributed by atoms with Crippen LogP contribution >= 0.6 is 0 Å². The van der Waals surface area contributed by atoms with Gasteiger partial charge in [-0.2, -0.15) is 0 Å². The Balaban J connectivity index is 1.02. The summed E-state index contributed by atoms with van der Waals surface area (Å²) in [5.74, 6) is -0.679. The number of phenolic OH excluding ortho intramolecular Hbond substituents is 1. The predicted molar refractivity (Wildman–Crippen MR) is 294 cm³/mol. The van der Waals surface area contributed by atoms with E-state index in [0.717, 1.165) is 109 Å². The van der Waals surface area contributed by atoms with E-state index >= 15 is 4.79 Å². The molecule has 0 radical (unpaired) electrons. The summed E-state index contributed by atoms with van der Waals surface area (Å²) in [6.07, 6.45) is 10.1. The van der Waals surface area contributed by atoms with E-state index in [9.17, 15) is 24.3 Å². The number of carbonyl (C=O) groups is 5. The summed E-state index contributed by atoms with van der Waals surface area (Å²) in [5.41, 5.74) is 11.4. The van der Waals surface area contributed by atoms with Crippen molar-refractivity contribution >= 4 is 46.2 Å². The second-order valence-electron chi connectivity index (χ2n) is 24.3. The molecule has 3 aliphatic carbocycles. The number of hydrazine groups is 1. The van der Waals surface area contributed by atoms with Crippen LogP contribution in [0.1, 0.15) is 115 Å². The molecule has 76 heavy (non-hydrogen) atoms. The third-order valence-electron chi connectivity index (χ3n) is 17.5. The van der Waals surface area contributed by atoms with Gasteiger partial charge in [-0.25, -0.2) is 5.43 Å². The van der Waals surface area contributed by atoms with E-state index in [1.165, 1.54) is 27.7 Å². The van der Waals surface area contributed by atoms with Gasteiger partial charge in [-0.05, 0) is 142 Å². The van der Waals surface area contributed by atoms with Crippen LogP contribution in [0.2, 0.25) is 0 Å². The number of amides is 4. The number of nitrogens with one attached hydrogen (secondary N) is 2. The number of likely N-dealkylation sites (N-methyl/N-ethyl adjacent to an activating group) is 3. The molecule has 4 amide bonds. The lowest BCUT2D eigenvalue weighted by atomic mass is 9.83. The van der Waals surface area contributed by atoms with Crippen molar-refractivity contribution in [1.82, 2.24) is 40.0 Å². The molecule has 6 aliphatic rings. The quantitative estimate of drug-likeness (QED) is 0.123. The molecule has 5 atom stereocenters. The topological polar surface area (TPSA) is 173 Å². The van der Waals surface area contributed by atoms with Crippen LogP contribution in [0.25, 0.3) is 33.3 Å². The number of ether oxygens (including phenoxy) is 1. The normalized spacial score (nSPS) is 23.8. The third kappa shape index (κ3) is 11.2. The van der Waals surface area contributed by atoms with Crippen LogP contribution in [0.3, 0.4) is 0 Å². The van der Waals surface area contributed by atoms with Gasteiger partial charge < -0.3 is 39.3 Å². The average molecular weight is 1040 g/mol. The van der Waals surface area contributed by atoms with E-state index in [4.69, 9.17) is 9.72 Å². The smallest absolute Gasteiger partial charge is 0.324 e. The highest BCUT2D eigenvalue weighted by Gasteiger charge is 2.52. The second kappa shape index (κ2) is 21.8. The molecule has 2 aromatic heterocycles. The van der Waals surface area contributed by atoms with E-state index in [1.807, 2.05) is 12.3 Å². The summed E-state index contributed by atoms with van der Waals surface area (Å²) < 4.78 is 8.64. The number of rotatable bonds is 12. The maximum atomic E-state index is 15.0. The minimum absolute atomic E-state index is 0.0153. The molecule has 4 aromatic rings. The van der Waals surface area contributed by atoms with Gasteiger partial charge in [0.05, 0.1) is 36.4 Å². The lowest BCUT2D eigenvalue weighted by molar-refractivity contribution is -0.155. The maximum absolute atomic E-state index is 15.0. The molecule has 0 unspecified atom stereocenters. The highest BCUT2D eigenvalue weighted by molar-refractivity contribution is 5.97. The number of aromatic hydroxyl groups is 1. The monoisotopic (exact) mass is 1040 g/mol. The minimum atomic E-state index is -1.14. The predicted octanol–water partition coefficient (Wildman–Crippen LogP) is 7.14. The van der Waals surface area contributed by atoms with Gasteiger partial charge in [0.15, 0.2) is 0 Å². The Morgan fingerprint density at radius 1 is 0.934 bits per heavy atom. The van der Waals surface area contributed by atoms with E-state index in [0.29, 0.717) is 49.8 Å². The van der Waals surface area contributed by atoms with Crippen molar-refractivity contribution in [2.45, 2.75) is 136 Å². The van der Waals surface area contributed by atoms with Gasteiger partial charge in [-0.1, -0.05) is 52.7 Å². The van der Waals surface area contributed by atoms with Gasteiger partial charge in [0, 0.05) is 87.6 Å². The molecule has 10 rings (SSSR count). The standard InChI is InChI=1S/C60H81N9O7/c1-9-68-51-19-18-40-29-45(51)48(55(68)47-30-42(33-61-53(47)36(2)3)67-23-21-64(6)22-24-67)32-60(4,5)35-76-59(75)49-15-12-20-69(63-49)58(74)50(27-37-25-41(40)28-43(70)26-37)62-56(72)54(39-13-10-11-14-39)66(8)52(71)34-65(7)57(73)46-31-44(46)38-16-17-38/h18-19,25-26,28-30,33,36,38-39,44,46,49-50,54,63,70H,9-17,20-24,27,31-32,34-35H2,1-8H3,(H,62,72)/t44-,46-,49+,50+,54+/m1/s1. The SMILES string of the molecule is CCn1c(-c2cc(N3CCN(C)CC3)cnc2C(C)C)c2c3cc(ccc31)-c1cc(O)cc(c1)C[C@H](NC(=O)[C@H](C1CCCC1)N(C)C(=O)CN(C)C(=O)[C@@H]1C[C@@H]1C1CC1)C(=O)N1CCC[C@H](N1)C(=O)OCC(C)(C)C2. The zero-order chi connectivity index (χ0) is 53.7. The Morgan fingerprint density at radius 3 is 2.39 bits per heavy atom. The van der Waals surface area contributed by atoms with E-state index < -0.39 is 41.3 Å². The van der Waals surface area contributed by atoms with Crippen LogP contribution in [0.15, 0.2) is 48.7 Å². The number of nitrogens with zero attached hydrogens (tertiary/aromatic N) is 7. The van der Waals surface area contributed by atoms with Crippen LogP contribution in [-0.4, -0.2) is 149 Å². The maximum Gasteiger partial charge on any atom is 0.324 e. The van der Waals surface area contributed by atoms with Gasteiger partial charge in [0.1, 0.15) is 23.9 Å². The van der Waals surface area contributed by atoms with Crippen LogP contribution < -0.4 is 15.6 Å². The summed E-state index contributed by atoms with van der Waals surface area (Å²) in [7, 11) is 5.47. The molecule has 0 spiro atoms. The molecule has 408 valence electrons. The minimum Gasteiger partial charge on any atom is -0.508 e. The summed E-state index contributed by atoms with van der Waals surface area (Å²) >= 11 is 0. The summed E-state index contributed by atoms with van der Waals surface area (Å²) in [6, 6.07) is 11.3. The molecule has 3 N–H and O–H groups in total. The van der Waals surface area contributed by atoms with Crippen LogP contribution in [-0.2, 0) is 48.1 Å².